The van der Waals surface area contributed by atoms with Gasteiger partial charge >= 0.3 is 17.3 Å². The van der Waals surface area contributed by atoms with Crippen LogP contribution in [0.15, 0.2) is 49.1 Å². The third kappa shape index (κ3) is 3.99. The summed E-state index contributed by atoms with van der Waals surface area (Å²) in [5, 5.41) is 0.673. The number of esters is 1. The molecule has 0 aliphatic carbocycles. The molecule has 0 spiro atoms. The summed E-state index contributed by atoms with van der Waals surface area (Å²) in [6, 6.07) is 7.50. The van der Waals surface area contributed by atoms with Crippen molar-refractivity contribution in [3.8, 4) is 5.75 Å². The molecule has 11 heteroatoms. The first kappa shape index (κ1) is 20.6. The molecular weight excluding hydrogens is 398 g/mol. The Morgan fingerprint density at radius 2 is 1.73 bits per heavy atom. The summed E-state index contributed by atoms with van der Waals surface area (Å²) in [6.07, 6.45) is 0. The molecule has 0 saturated carbocycles. The van der Waals surface area contributed by atoms with Crippen LogP contribution in [0.2, 0.25) is 0 Å². The Bertz CT molecular complexity index is 1330. The molecule has 0 aliphatic heterocycles. The molecule has 2 N–H and O–H groups in total. The number of ether oxygens (including phenoxy) is 2. The molecular formula is C19H17N3O8. The Morgan fingerprint density at radius 1 is 1.03 bits per heavy atom. The van der Waals surface area contributed by atoms with Crippen molar-refractivity contribution >= 4 is 28.5 Å². The number of ketones is 1. The van der Waals surface area contributed by atoms with Gasteiger partial charge in [0.15, 0.2) is 13.2 Å². The number of hydrogen-bond donors (Lipinski definition) is 1. The quantitative estimate of drug-likeness (QED) is 0.321. The predicted molar refractivity (Wildman–Crippen MR) is 105 cm³/mol. The van der Waals surface area contributed by atoms with E-state index < -0.39 is 47.4 Å². The maximum Gasteiger partial charge on any atom is 0.344 e. The molecule has 0 saturated heterocycles. The molecule has 2 heterocycles. The van der Waals surface area contributed by atoms with Crippen LogP contribution in [0, 0.1) is 0 Å². The number of nitrogens with zero attached hydrogens (tertiary/aromatic N) is 2. The molecule has 0 atom stereocenters. The average molecular weight is 415 g/mol. The summed E-state index contributed by atoms with van der Waals surface area (Å²) in [4.78, 5) is 59.4. The predicted octanol–water partition coefficient (Wildman–Crippen LogP) is -0.423. The van der Waals surface area contributed by atoms with Crippen LogP contribution in [0.4, 0.5) is 5.82 Å². The Balaban J connectivity index is 1.64. The lowest BCUT2D eigenvalue weighted by Gasteiger charge is -2.11. The van der Waals surface area contributed by atoms with Crippen molar-refractivity contribution in [1.29, 1.82) is 0 Å². The lowest BCUT2D eigenvalue weighted by molar-refractivity contribution is -0.144. The van der Waals surface area contributed by atoms with E-state index in [9.17, 15) is 24.0 Å². The number of benzene rings is 1. The summed E-state index contributed by atoms with van der Waals surface area (Å²) in [6.45, 7) is -1.29. The molecule has 2 aromatic heterocycles. The summed E-state index contributed by atoms with van der Waals surface area (Å²) in [5.41, 5.74) is 3.42. The Labute approximate surface area is 167 Å². The van der Waals surface area contributed by atoms with Crippen LogP contribution >= 0.6 is 0 Å². The third-order valence-electron chi connectivity index (χ3n) is 4.30. The number of fused-ring (bicyclic) bond motifs is 1. The molecule has 0 fully saturated rings. The van der Waals surface area contributed by atoms with Gasteiger partial charge in [0.2, 0.25) is 5.78 Å². The average Bonchev–Trinajstić information content (AvgIpc) is 2.73. The zero-order valence-electron chi connectivity index (χ0n) is 16.0. The Hall–Kier alpha value is -4.15. The van der Waals surface area contributed by atoms with Crippen LogP contribution in [0.25, 0.3) is 11.0 Å². The maximum atomic E-state index is 12.3. The van der Waals surface area contributed by atoms with E-state index in [0.717, 1.165) is 9.13 Å². The van der Waals surface area contributed by atoms with Crippen LogP contribution in [0.5, 0.6) is 5.75 Å². The third-order valence-corrected chi connectivity index (χ3v) is 4.30. The molecule has 30 heavy (non-hydrogen) atoms. The van der Waals surface area contributed by atoms with Gasteiger partial charge in [0.25, 0.3) is 5.56 Å². The Kier molecular flexibility index (Phi) is 5.54. The monoisotopic (exact) mass is 415 g/mol. The van der Waals surface area contributed by atoms with Gasteiger partial charge in [0.05, 0.1) is 0 Å². The second-order valence-corrected chi connectivity index (χ2v) is 6.29. The number of nitrogens with two attached hydrogens (primary N) is 1. The summed E-state index contributed by atoms with van der Waals surface area (Å²) in [7, 11) is 2.51. The molecule has 1 aromatic carbocycles. The summed E-state index contributed by atoms with van der Waals surface area (Å²) < 4.78 is 16.8. The van der Waals surface area contributed by atoms with E-state index >= 15 is 0 Å². The van der Waals surface area contributed by atoms with Crippen molar-refractivity contribution in [3.63, 3.8) is 0 Å². The minimum Gasteiger partial charge on any atom is -0.482 e. The van der Waals surface area contributed by atoms with Crippen LogP contribution in [0.1, 0.15) is 10.4 Å². The first-order valence-corrected chi connectivity index (χ1v) is 8.60. The van der Waals surface area contributed by atoms with Gasteiger partial charge in [-0.05, 0) is 18.2 Å². The van der Waals surface area contributed by atoms with Crippen molar-refractivity contribution in [1.82, 2.24) is 9.13 Å². The standard InChI is InChI=1S/C19H17N3O8/c1-21-17(20)16(18(26)22(2)19(21)27)12(23)8-29-15(25)9-28-11-5-3-10-4-6-14(24)30-13(10)7-11/h3-7H,8-9,20H2,1-2H3. The first-order chi connectivity index (χ1) is 14.2. The molecule has 156 valence electrons. The topological polar surface area (TPSA) is 153 Å². The Morgan fingerprint density at radius 3 is 2.47 bits per heavy atom. The maximum absolute atomic E-state index is 12.3. The van der Waals surface area contributed by atoms with Gasteiger partial charge in [-0.2, -0.15) is 0 Å². The molecule has 3 aromatic rings. The number of carbonyl (C=O) groups is 2. The smallest absolute Gasteiger partial charge is 0.344 e. The zero-order chi connectivity index (χ0) is 22.0. The molecule has 3 rings (SSSR count). The SMILES string of the molecule is Cn1c(N)c(C(=O)COC(=O)COc2ccc3ccc(=O)oc3c2)c(=O)n(C)c1=O. The van der Waals surface area contributed by atoms with E-state index in [0.29, 0.717) is 5.39 Å². The van der Waals surface area contributed by atoms with Gasteiger partial charge in [-0.1, -0.05) is 0 Å². The number of aromatic nitrogens is 2. The number of carbonyl (C=O) groups excluding carboxylic acids is 2. The van der Waals surface area contributed by atoms with Gasteiger partial charge in [-0.3, -0.25) is 18.7 Å². The first-order valence-electron chi connectivity index (χ1n) is 8.60. The zero-order valence-corrected chi connectivity index (χ0v) is 16.0. The number of rotatable bonds is 6. The van der Waals surface area contributed by atoms with Crippen LogP contribution in [-0.4, -0.2) is 34.1 Å². The van der Waals surface area contributed by atoms with Crippen molar-refractivity contribution in [2.45, 2.75) is 0 Å². The highest BCUT2D eigenvalue weighted by Gasteiger charge is 2.21. The van der Waals surface area contributed by atoms with Crippen molar-refractivity contribution in [2.24, 2.45) is 14.1 Å². The fourth-order valence-corrected chi connectivity index (χ4v) is 2.65. The minimum absolute atomic E-state index is 0.247. The van der Waals surface area contributed by atoms with E-state index in [-0.39, 0.29) is 17.2 Å². The second kappa shape index (κ2) is 8.07. The largest absolute Gasteiger partial charge is 0.482 e. The highest BCUT2D eigenvalue weighted by Crippen LogP contribution is 2.19. The van der Waals surface area contributed by atoms with Crippen molar-refractivity contribution in [2.75, 3.05) is 18.9 Å². The number of Topliss-reactive ketones (excluding diaryl/α,β-unsaturated/α-hetero) is 1. The van der Waals surface area contributed by atoms with Crippen LogP contribution in [0.3, 0.4) is 0 Å². The molecule has 0 aliphatic rings. The molecule has 0 amide bonds. The molecule has 0 unspecified atom stereocenters. The van der Waals surface area contributed by atoms with Crippen molar-refractivity contribution < 1.29 is 23.5 Å². The fraction of sp³-hybridized carbons (Fsp3) is 0.211. The van der Waals surface area contributed by atoms with Crippen molar-refractivity contribution in [3.05, 3.63) is 67.2 Å². The van der Waals surface area contributed by atoms with Gasteiger partial charge < -0.3 is 19.6 Å². The highest BCUT2D eigenvalue weighted by atomic mass is 16.6. The number of anilines is 1. The van der Waals surface area contributed by atoms with E-state index in [1.54, 1.807) is 18.2 Å². The van der Waals surface area contributed by atoms with E-state index in [1.165, 1.54) is 26.2 Å². The number of nitrogen functional groups attached to an aromatic ring is 1. The summed E-state index contributed by atoms with van der Waals surface area (Å²) >= 11 is 0. The van der Waals surface area contributed by atoms with Crippen LogP contribution < -0.4 is 27.3 Å². The summed E-state index contributed by atoms with van der Waals surface area (Å²) in [5.74, 6) is -1.81. The molecule has 0 bridgehead atoms. The van der Waals surface area contributed by atoms with E-state index in [2.05, 4.69) is 0 Å². The molecule has 0 radical (unpaired) electrons. The minimum atomic E-state index is -0.884. The van der Waals surface area contributed by atoms with Gasteiger partial charge in [0.1, 0.15) is 22.7 Å². The number of hydrogen-bond acceptors (Lipinski definition) is 9. The second-order valence-electron chi connectivity index (χ2n) is 6.29. The van der Waals surface area contributed by atoms with E-state index in [1.807, 2.05) is 0 Å². The van der Waals surface area contributed by atoms with Gasteiger partial charge in [0, 0.05) is 31.6 Å². The lowest BCUT2D eigenvalue weighted by Crippen LogP contribution is -2.42. The van der Waals surface area contributed by atoms with Gasteiger partial charge in [-0.15, -0.1) is 0 Å². The normalized spacial score (nSPS) is 10.7. The highest BCUT2D eigenvalue weighted by molar-refractivity contribution is 6.01. The van der Waals surface area contributed by atoms with Gasteiger partial charge in [-0.25, -0.2) is 14.4 Å². The van der Waals surface area contributed by atoms with E-state index in [4.69, 9.17) is 19.6 Å². The molecule has 11 nitrogen and oxygen atoms in total. The van der Waals surface area contributed by atoms with Crippen LogP contribution in [-0.2, 0) is 23.6 Å². The lowest BCUT2D eigenvalue weighted by atomic mass is 10.2. The fourth-order valence-electron chi connectivity index (χ4n) is 2.65.